The zero-order chi connectivity index (χ0) is 20.2. The van der Waals surface area contributed by atoms with E-state index >= 15 is 0 Å². The van der Waals surface area contributed by atoms with E-state index in [0.29, 0.717) is 11.8 Å². The summed E-state index contributed by atoms with van der Waals surface area (Å²) in [6, 6.07) is 15.3. The summed E-state index contributed by atoms with van der Waals surface area (Å²) in [5.74, 6) is 2.59. The summed E-state index contributed by atoms with van der Waals surface area (Å²) in [4.78, 5) is 4.48. The zero-order valence-corrected chi connectivity index (χ0v) is 17.1. The summed E-state index contributed by atoms with van der Waals surface area (Å²) in [6.45, 7) is 2.01. The molecule has 4 rings (SSSR count). The van der Waals surface area contributed by atoms with Gasteiger partial charge in [0.15, 0.2) is 5.16 Å². The molecule has 2 heterocycles. The maximum absolute atomic E-state index is 5.89. The Hall–Kier alpha value is -3.26. The second-order valence-electron chi connectivity index (χ2n) is 6.22. The van der Waals surface area contributed by atoms with Gasteiger partial charge in [0.1, 0.15) is 11.5 Å². The van der Waals surface area contributed by atoms with Crippen LogP contribution in [0, 0.1) is 0 Å². The van der Waals surface area contributed by atoms with Crippen LogP contribution < -0.4 is 9.47 Å². The molecule has 0 aliphatic rings. The Bertz CT molecular complexity index is 1090. The molecule has 0 bridgehead atoms. The average molecular weight is 408 g/mol. The lowest BCUT2D eigenvalue weighted by Gasteiger charge is -2.11. The van der Waals surface area contributed by atoms with Crippen molar-refractivity contribution in [3.8, 4) is 28.6 Å². The van der Waals surface area contributed by atoms with E-state index in [1.54, 1.807) is 32.2 Å². The lowest BCUT2D eigenvalue weighted by Crippen LogP contribution is -1.98. The monoisotopic (exact) mass is 408 g/mol. The molecule has 0 spiro atoms. The SMILES string of the molecule is COc1ccc(-c2nnc(C(C)Sc3nccn3-c3cccc(OC)c3)o2)cc1. The molecule has 0 amide bonds. The lowest BCUT2D eigenvalue weighted by molar-refractivity contribution is 0.414. The van der Waals surface area contributed by atoms with Gasteiger partial charge in [0, 0.05) is 24.0 Å². The van der Waals surface area contributed by atoms with Gasteiger partial charge in [-0.15, -0.1) is 10.2 Å². The fourth-order valence-corrected chi connectivity index (χ4v) is 3.71. The van der Waals surface area contributed by atoms with Crippen LogP contribution in [0.5, 0.6) is 11.5 Å². The number of methoxy groups -OCH3 is 2. The summed E-state index contributed by atoms with van der Waals surface area (Å²) in [5, 5.41) is 9.16. The standard InChI is InChI=1S/C21H20N4O3S/c1-14(19-23-24-20(28-19)15-7-9-17(26-2)10-8-15)29-21-22-11-12-25(21)16-5-4-6-18(13-16)27-3/h4-14H,1-3H3. The maximum atomic E-state index is 5.89. The summed E-state index contributed by atoms with van der Waals surface area (Å²) in [7, 11) is 3.29. The molecule has 4 aromatic rings. The second kappa shape index (κ2) is 8.40. The predicted octanol–water partition coefficient (Wildman–Crippen LogP) is 4.79. The van der Waals surface area contributed by atoms with Crippen LogP contribution in [0.3, 0.4) is 0 Å². The third kappa shape index (κ3) is 4.12. The molecule has 1 unspecified atom stereocenters. The summed E-state index contributed by atoms with van der Waals surface area (Å²) in [6.07, 6.45) is 3.69. The number of ether oxygens (including phenoxy) is 2. The van der Waals surface area contributed by atoms with Gasteiger partial charge in [-0.25, -0.2) is 4.98 Å². The van der Waals surface area contributed by atoms with Crippen LogP contribution >= 0.6 is 11.8 Å². The van der Waals surface area contributed by atoms with Crippen LogP contribution in [0.1, 0.15) is 18.1 Å². The average Bonchev–Trinajstić information content (AvgIpc) is 3.44. The zero-order valence-electron chi connectivity index (χ0n) is 16.3. The highest BCUT2D eigenvalue weighted by atomic mass is 32.2. The van der Waals surface area contributed by atoms with Crippen molar-refractivity contribution in [2.45, 2.75) is 17.3 Å². The number of hydrogen-bond donors (Lipinski definition) is 0. The van der Waals surface area contributed by atoms with Crippen LogP contribution in [-0.4, -0.2) is 34.0 Å². The third-order valence-corrected chi connectivity index (χ3v) is 5.41. The Morgan fingerprint density at radius 2 is 1.79 bits per heavy atom. The normalized spacial score (nSPS) is 12.0. The summed E-state index contributed by atoms with van der Waals surface area (Å²) < 4.78 is 18.4. The van der Waals surface area contributed by atoms with E-state index in [-0.39, 0.29) is 5.25 Å². The topological polar surface area (TPSA) is 75.2 Å². The van der Waals surface area contributed by atoms with Crippen LogP contribution in [0.2, 0.25) is 0 Å². The van der Waals surface area contributed by atoms with Gasteiger partial charge in [-0.3, -0.25) is 4.57 Å². The first-order chi connectivity index (χ1) is 14.2. The molecule has 29 heavy (non-hydrogen) atoms. The van der Waals surface area contributed by atoms with Crippen molar-refractivity contribution >= 4 is 11.8 Å². The Kier molecular flexibility index (Phi) is 5.53. The van der Waals surface area contributed by atoms with Gasteiger partial charge in [0.05, 0.1) is 25.2 Å². The first-order valence-corrected chi connectivity index (χ1v) is 9.88. The van der Waals surface area contributed by atoms with E-state index in [0.717, 1.165) is 27.9 Å². The highest BCUT2D eigenvalue weighted by molar-refractivity contribution is 7.99. The Labute approximate surface area is 172 Å². The van der Waals surface area contributed by atoms with E-state index in [1.165, 1.54) is 0 Å². The van der Waals surface area contributed by atoms with Crippen molar-refractivity contribution in [2.24, 2.45) is 0 Å². The number of hydrogen-bond acceptors (Lipinski definition) is 7. The number of thioether (sulfide) groups is 1. The van der Waals surface area contributed by atoms with Gasteiger partial charge in [-0.05, 0) is 43.3 Å². The van der Waals surface area contributed by atoms with Crippen molar-refractivity contribution in [2.75, 3.05) is 14.2 Å². The molecule has 2 aromatic carbocycles. The minimum atomic E-state index is -0.0683. The van der Waals surface area contributed by atoms with Gasteiger partial charge in [0.2, 0.25) is 11.8 Å². The quantitative estimate of drug-likeness (QED) is 0.407. The molecule has 2 aromatic heterocycles. The predicted molar refractivity (Wildman–Crippen MR) is 111 cm³/mol. The fraction of sp³-hybridized carbons (Fsp3) is 0.190. The summed E-state index contributed by atoms with van der Waals surface area (Å²) in [5.41, 5.74) is 1.82. The molecule has 0 aliphatic heterocycles. The number of benzene rings is 2. The first-order valence-electron chi connectivity index (χ1n) is 9.00. The van der Waals surface area contributed by atoms with Gasteiger partial charge in [-0.2, -0.15) is 0 Å². The molecule has 0 N–H and O–H groups in total. The second-order valence-corrected chi connectivity index (χ2v) is 7.52. The van der Waals surface area contributed by atoms with Crippen LogP contribution in [0.25, 0.3) is 17.1 Å². The molecule has 7 nitrogen and oxygen atoms in total. The molecule has 0 saturated carbocycles. The van der Waals surface area contributed by atoms with Crippen molar-refractivity contribution < 1.29 is 13.9 Å². The van der Waals surface area contributed by atoms with E-state index in [9.17, 15) is 0 Å². The number of imidazole rings is 1. The smallest absolute Gasteiger partial charge is 0.247 e. The van der Waals surface area contributed by atoms with Crippen molar-refractivity contribution in [1.82, 2.24) is 19.7 Å². The Morgan fingerprint density at radius 1 is 1.00 bits per heavy atom. The number of nitrogens with zero attached hydrogens (tertiary/aromatic N) is 4. The van der Waals surface area contributed by atoms with E-state index in [2.05, 4.69) is 15.2 Å². The van der Waals surface area contributed by atoms with E-state index < -0.39 is 0 Å². The molecule has 0 radical (unpaired) electrons. The number of rotatable bonds is 7. The minimum Gasteiger partial charge on any atom is -0.497 e. The molecule has 0 fully saturated rings. The molecular weight excluding hydrogens is 388 g/mol. The van der Waals surface area contributed by atoms with Crippen LogP contribution in [0.4, 0.5) is 0 Å². The Balaban J connectivity index is 1.52. The highest BCUT2D eigenvalue weighted by Gasteiger charge is 2.19. The molecular formula is C21H20N4O3S. The van der Waals surface area contributed by atoms with Gasteiger partial charge < -0.3 is 13.9 Å². The molecule has 148 valence electrons. The third-order valence-electron chi connectivity index (χ3n) is 4.35. The first kappa shape index (κ1) is 19.1. The molecule has 0 aliphatic carbocycles. The highest BCUT2D eigenvalue weighted by Crippen LogP contribution is 2.35. The van der Waals surface area contributed by atoms with Crippen LogP contribution in [-0.2, 0) is 0 Å². The largest absolute Gasteiger partial charge is 0.497 e. The van der Waals surface area contributed by atoms with Gasteiger partial charge in [-0.1, -0.05) is 17.8 Å². The lowest BCUT2D eigenvalue weighted by atomic mass is 10.2. The fourth-order valence-electron chi connectivity index (χ4n) is 2.79. The molecule has 1 atom stereocenters. The van der Waals surface area contributed by atoms with Crippen LogP contribution in [0.15, 0.2) is 70.5 Å². The van der Waals surface area contributed by atoms with Crippen molar-refractivity contribution in [3.05, 3.63) is 66.8 Å². The Morgan fingerprint density at radius 3 is 2.55 bits per heavy atom. The van der Waals surface area contributed by atoms with Gasteiger partial charge >= 0.3 is 0 Å². The summed E-state index contributed by atoms with van der Waals surface area (Å²) >= 11 is 1.55. The van der Waals surface area contributed by atoms with Crippen molar-refractivity contribution in [3.63, 3.8) is 0 Å². The van der Waals surface area contributed by atoms with E-state index in [1.807, 2.05) is 66.2 Å². The minimum absolute atomic E-state index is 0.0683. The molecule has 0 saturated heterocycles. The van der Waals surface area contributed by atoms with E-state index in [4.69, 9.17) is 13.9 Å². The van der Waals surface area contributed by atoms with Gasteiger partial charge in [0.25, 0.3) is 0 Å². The number of aromatic nitrogens is 4. The van der Waals surface area contributed by atoms with Crippen molar-refractivity contribution in [1.29, 1.82) is 0 Å². The molecule has 8 heteroatoms. The maximum Gasteiger partial charge on any atom is 0.247 e.